The van der Waals surface area contributed by atoms with E-state index in [0.717, 1.165) is 30.8 Å². The Bertz CT molecular complexity index is 814. The number of nitrogens with zero attached hydrogens (tertiary/aromatic N) is 2. The highest BCUT2D eigenvalue weighted by molar-refractivity contribution is 7.89. The minimum absolute atomic E-state index is 0.00956. The predicted molar refractivity (Wildman–Crippen MR) is 96.2 cm³/mol. The van der Waals surface area contributed by atoms with E-state index >= 15 is 0 Å². The van der Waals surface area contributed by atoms with Crippen LogP contribution in [0.25, 0.3) is 0 Å². The molecule has 1 atom stereocenters. The summed E-state index contributed by atoms with van der Waals surface area (Å²) in [7, 11) is -3.71. The molecule has 0 amide bonds. The van der Waals surface area contributed by atoms with Crippen molar-refractivity contribution in [2.24, 2.45) is 0 Å². The number of benzene rings is 1. The third-order valence-corrected chi connectivity index (χ3v) is 6.69. The summed E-state index contributed by atoms with van der Waals surface area (Å²) in [6.45, 7) is 2.20. The molecule has 1 unspecified atom stereocenters. The van der Waals surface area contributed by atoms with E-state index < -0.39 is 14.9 Å². The summed E-state index contributed by atoms with van der Waals surface area (Å²) >= 11 is 1.62. The van der Waals surface area contributed by atoms with Gasteiger partial charge in [0.15, 0.2) is 0 Å². The van der Waals surface area contributed by atoms with Crippen molar-refractivity contribution in [1.29, 1.82) is 0 Å². The molecule has 1 N–H and O–H groups in total. The lowest BCUT2D eigenvalue weighted by Gasteiger charge is -2.26. The summed E-state index contributed by atoms with van der Waals surface area (Å²) in [5.74, 6) is 0. The second kappa shape index (κ2) is 7.61. The van der Waals surface area contributed by atoms with Crippen LogP contribution in [-0.4, -0.2) is 37.9 Å². The van der Waals surface area contributed by atoms with Gasteiger partial charge in [0.1, 0.15) is 0 Å². The Morgan fingerprint density at radius 1 is 1.20 bits per heavy atom. The van der Waals surface area contributed by atoms with Gasteiger partial charge in [-0.3, -0.25) is 15.0 Å². The first-order valence-corrected chi connectivity index (χ1v) is 10.4. The highest BCUT2D eigenvalue weighted by Gasteiger charge is 2.26. The van der Waals surface area contributed by atoms with Crippen molar-refractivity contribution in [2.45, 2.75) is 23.8 Å². The molecule has 1 aliphatic rings. The molecule has 1 aliphatic heterocycles. The minimum atomic E-state index is -3.71. The first-order valence-electron chi connectivity index (χ1n) is 7.99. The van der Waals surface area contributed by atoms with Gasteiger partial charge in [0.2, 0.25) is 10.0 Å². The molecular formula is C16H19N3O4S2. The predicted octanol–water partition coefficient (Wildman–Crippen LogP) is 2.77. The second-order valence-electron chi connectivity index (χ2n) is 5.88. The molecule has 0 spiro atoms. The zero-order valence-corrected chi connectivity index (χ0v) is 15.1. The number of likely N-dealkylation sites (tertiary alicyclic amines) is 1. The highest BCUT2D eigenvalue weighted by atomic mass is 32.2. The van der Waals surface area contributed by atoms with Gasteiger partial charge < -0.3 is 0 Å². The molecule has 9 heteroatoms. The van der Waals surface area contributed by atoms with Crippen molar-refractivity contribution in [2.75, 3.05) is 19.6 Å². The lowest BCUT2D eigenvalue weighted by atomic mass is 10.2. The minimum Gasteiger partial charge on any atom is -0.294 e. The normalized spacial score (nSPS) is 16.8. The number of hydrogen-bond donors (Lipinski definition) is 1. The Hall–Kier alpha value is -1.81. The van der Waals surface area contributed by atoms with Gasteiger partial charge in [-0.2, -0.15) is 0 Å². The van der Waals surface area contributed by atoms with E-state index in [-0.39, 0.29) is 23.2 Å². The zero-order chi connectivity index (χ0) is 17.9. The third kappa shape index (κ3) is 4.24. The summed E-state index contributed by atoms with van der Waals surface area (Å²) in [6.07, 6.45) is 2.24. The molecule has 7 nitrogen and oxygen atoms in total. The van der Waals surface area contributed by atoms with Gasteiger partial charge in [-0.15, -0.1) is 11.3 Å². The highest BCUT2D eigenvalue weighted by Crippen LogP contribution is 2.28. The Labute approximate surface area is 150 Å². The molecule has 1 fully saturated rings. The van der Waals surface area contributed by atoms with E-state index in [1.165, 1.54) is 24.3 Å². The number of non-ortho nitro benzene ring substituents is 1. The SMILES string of the molecule is O=[N+]([O-])c1ccc(S(=O)(=O)NCC(c2cccs2)N2CCCC2)cc1. The molecule has 2 heterocycles. The molecule has 1 saturated heterocycles. The van der Waals surface area contributed by atoms with Crippen LogP contribution < -0.4 is 4.72 Å². The fraction of sp³-hybridized carbons (Fsp3) is 0.375. The number of sulfonamides is 1. The van der Waals surface area contributed by atoms with E-state index in [4.69, 9.17) is 0 Å². The smallest absolute Gasteiger partial charge is 0.269 e. The number of hydrogen-bond acceptors (Lipinski definition) is 6. The first-order chi connectivity index (χ1) is 12.0. The molecule has 0 radical (unpaired) electrons. The fourth-order valence-electron chi connectivity index (χ4n) is 2.96. The van der Waals surface area contributed by atoms with E-state index in [9.17, 15) is 18.5 Å². The molecular weight excluding hydrogens is 362 g/mol. The Morgan fingerprint density at radius 2 is 1.88 bits per heavy atom. The summed E-state index contributed by atoms with van der Waals surface area (Å²) < 4.78 is 27.7. The molecule has 2 aromatic rings. The average molecular weight is 381 g/mol. The molecule has 0 saturated carbocycles. The molecule has 134 valence electrons. The topological polar surface area (TPSA) is 92.5 Å². The van der Waals surface area contributed by atoms with Crippen molar-refractivity contribution in [3.05, 3.63) is 56.8 Å². The van der Waals surface area contributed by atoms with Gasteiger partial charge in [0.05, 0.1) is 15.9 Å². The number of nitro benzene ring substituents is 1. The van der Waals surface area contributed by atoms with Crippen LogP contribution in [-0.2, 0) is 10.0 Å². The summed E-state index contributed by atoms with van der Waals surface area (Å²) in [4.78, 5) is 13.6. The molecule has 1 aromatic heterocycles. The monoisotopic (exact) mass is 381 g/mol. The van der Waals surface area contributed by atoms with Crippen LogP contribution in [0.1, 0.15) is 23.8 Å². The van der Waals surface area contributed by atoms with E-state index in [1.807, 2.05) is 17.5 Å². The van der Waals surface area contributed by atoms with Crippen molar-refractivity contribution in [3.8, 4) is 0 Å². The average Bonchev–Trinajstić information content (AvgIpc) is 3.29. The quantitative estimate of drug-likeness (QED) is 0.588. The van der Waals surface area contributed by atoms with Gasteiger partial charge >= 0.3 is 0 Å². The van der Waals surface area contributed by atoms with E-state index in [0.29, 0.717) is 0 Å². The van der Waals surface area contributed by atoms with Gasteiger partial charge in [0, 0.05) is 23.6 Å². The molecule has 3 rings (SSSR count). The Kier molecular flexibility index (Phi) is 5.48. The number of nitrogens with one attached hydrogen (secondary N) is 1. The number of nitro groups is 1. The van der Waals surface area contributed by atoms with Crippen LogP contribution in [0.15, 0.2) is 46.7 Å². The summed E-state index contributed by atoms with van der Waals surface area (Å²) in [5, 5.41) is 12.7. The molecule has 0 aliphatic carbocycles. The number of thiophene rings is 1. The van der Waals surface area contributed by atoms with Crippen LogP contribution in [0.2, 0.25) is 0 Å². The van der Waals surface area contributed by atoms with Crippen LogP contribution in [0.3, 0.4) is 0 Å². The van der Waals surface area contributed by atoms with Gasteiger partial charge in [-0.25, -0.2) is 13.1 Å². The second-order valence-corrected chi connectivity index (χ2v) is 8.62. The Balaban J connectivity index is 1.73. The molecule has 0 bridgehead atoms. The van der Waals surface area contributed by atoms with Crippen LogP contribution in [0.4, 0.5) is 5.69 Å². The maximum absolute atomic E-state index is 12.5. The van der Waals surface area contributed by atoms with Crippen LogP contribution in [0, 0.1) is 10.1 Å². The van der Waals surface area contributed by atoms with Gasteiger partial charge in [-0.1, -0.05) is 6.07 Å². The lowest BCUT2D eigenvalue weighted by molar-refractivity contribution is -0.384. The number of rotatable bonds is 7. The van der Waals surface area contributed by atoms with Gasteiger partial charge in [0.25, 0.3) is 5.69 Å². The maximum Gasteiger partial charge on any atom is 0.269 e. The summed E-state index contributed by atoms with van der Waals surface area (Å²) in [5.41, 5.74) is -0.132. The van der Waals surface area contributed by atoms with Crippen LogP contribution in [0.5, 0.6) is 0 Å². The fourth-order valence-corrected chi connectivity index (χ4v) is 4.86. The summed E-state index contributed by atoms with van der Waals surface area (Å²) in [6, 6.07) is 8.92. The van der Waals surface area contributed by atoms with Crippen molar-refractivity contribution in [1.82, 2.24) is 9.62 Å². The lowest BCUT2D eigenvalue weighted by Crippen LogP contribution is -2.36. The van der Waals surface area contributed by atoms with E-state index in [2.05, 4.69) is 9.62 Å². The standard InChI is InChI=1S/C16H19N3O4S2/c20-19(21)13-5-7-14(8-6-13)25(22,23)17-12-15(16-4-3-11-24-16)18-9-1-2-10-18/h3-8,11,15,17H,1-2,9-10,12H2. The van der Waals surface area contributed by atoms with Crippen LogP contribution >= 0.6 is 11.3 Å². The van der Waals surface area contributed by atoms with E-state index in [1.54, 1.807) is 11.3 Å². The Morgan fingerprint density at radius 3 is 2.44 bits per heavy atom. The van der Waals surface area contributed by atoms with Crippen molar-refractivity contribution < 1.29 is 13.3 Å². The third-order valence-electron chi connectivity index (χ3n) is 4.28. The van der Waals surface area contributed by atoms with Crippen molar-refractivity contribution >= 4 is 27.0 Å². The maximum atomic E-state index is 12.5. The largest absolute Gasteiger partial charge is 0.294 e. The van der Waals surface area contributed by atoms with Crippen molar-refractivity contribution in [3.63, 3.8) is 0 Å². The molecule has 25 heavy (non-hydrogen) atoms. The van der Waals surface area contributed by atoms with Gasteiger partial charge in [-0.05, 0) is 49.5 Å². The zero-order valence-electron chi connectivity index (χ0n) is 13.5. The molecule has 1 aromatic carbocycles. The first kappa shape index (κ1) is 18.0.